The van der Waals surface area contributed by atoms with Gasteiger partial charge in [-0.3, -0.25) is 9.59 Å². The van der Waals surface area contributed by atoms with E-state index in [1.165, 1.54) is 36.4 Å². The zero-order valence-electron chi connectivity index (χ0n) is 27.2. The molecule has 0 spiro atoms. The zero-order chi connectivity index (χ0) is 36.4. The molecule has 262 valence electrons. The van der Waals surface area contributed by atoms with Crippen LogP contribution >= 0.6 is 0 Å². The number of carbonyl (C=O) groups is 2. The number of halogens is 6. The van der Waals surface area contributed by atoms with Crippen LogP contribution in [-0.4, -0.2) is 20.9 Å². The van der Waals surface area contributed by atoms with Gasteiger partial charge in [-0.1, -0.05) is 0 Å². The van der Waals surface area contributed by atoms with Crippen LogP contribution in [0.1, 0.15) is 46.2 Å². The number of anilines is 2. The summed E-state index contributed by atoms with van der Waals surface area (Å²) in [4.78, 5) is 25.7. The summed E-state index contributed by atoms with van der Waals surface area (Å²) in [6.07, 6.45) is -3.08. The lowest BCUT2D eigenvalue weighted by atomic mass is 10.1. The van der Waals surface area contributed by atoms with Gasteiger partial charge in [0, 0.05) is 11.4 Å². The highest BCUT2D eigenvalue weighted by Gasteiger charge is 2.37. The molecule has 0 atom stereocenters. The van der Waals surface area contributed by atoms with Crippen LogP contribution in [0.15, 0.2) is 85.5 Å². The number of nitrogens with one attached hydrogen (secondary N) is 2. The zero-order valence-corrected chi connectivity index (χ0v) is 27.2. The highest BCUT2D eigenvalue weighted by Crippen LogP contribution is 2.42. The van der Waals surface area contributed by atoms with E-state index in [1.807, 2.05) is 13.8 Å². The molecule has 16 heteroatoms. The van der Waals surface area contributed by atoms with Crippen molar-refractivity contribution in [3.63, 3.8) is 0 Å². The van der Waals surface area contributed by atoms with Gasteiger partial charge in [-0.15, -0.1) is 0 Å². The van der Waals surface area contributed by atoms with Crippen molar-refractivity contribution in [3.8, 4) is 23.0 Å². The molecule has 0 aliphatic rings. The predicted octanol–water partition coefficient (Wildman–Crippen LogP) is 7.11. The summed E-state index contributed by atoms with van der Waals surface area (Å²) in [6.45, 7) is 4.57. The molecule has 2 aromatic heterocycles. The molecule has 5 rings (SSSR count). The third-order valence-electron chi connectivity index (χ3n) is 7.61. The summed E-state index contributed by atoms with van der Waals surface area (Å²) < 4.78 is 102. The molecule has 0 saturated heterocycles. The summed E-state index contributed by atoms with van der Waals surface area (Å²) >= 11 is 0. The minimum Gasteiger partial charge on any atom is -0.457 e. The molecule has 5 aromatic rings. The van der Waals surface area contributed by atoms with Gasteiger partial charge in [-0.25, -0.2) is 18.3 Å². The third-order valence-corrected chi connectivity index (χ3v) is 7.61. The molecule has 0 aliphatic heterocycles. The van der Waals surface area contributed by atoms with Crippen molar-refractivity contribution < 1.29 is 54.5 Å². The number of alkyl halides is 6. The molecule has 0 fully saturated rings. The second-order valence-corrected chi connectivity index (χ2v) is 11.0. The number of amides is 2. The number of benzene rings is 3. The van der Waals surface area contributed by atoms with Crippen molar-refractivity contribution >= 4 is 23.2 Å². The lowest BCUT2D eigenvalue weighted by Gasteiger charge is -2.17. The second-order valence-electron chi connectivity index (χ2n) is 11.0. The number of ether oxygens (including phenoxy) is 2. The van der Waals surface area contributed by atoms with Crippen molar-refractivity contribution in [1.29, 1.82) is 0 Å². The van der Waals surface area contributed by atoms with Crippen molar-refractivity contribution in [2.75, 3.05) is 10.6 Å². The van der Waals surface area contributed by atoms with Gasteiger partial charge in [0.2, 0.25) is 0 Å². The Morgan fingerprint density at radius 3 is 1.32 bits per heavy atom. The molecule has 0 saturated carbocycles. The quantitative estimate of drug-likeness (QED) is 0.120. The van der Waals surface area contributed by atoms with Crippen LogP contribution in [0.5, 0.6) is 23.0 Å². The first kappa shape index (κ1) is 35.5. The topological polar surface area (TPSA) is 94.3 Å². The SMILES string of the molecule is CCn1cc[n+](C)c1C(=O)Nc1ccc(Oc2ccc(Oc3ccc(NC(=O)c4n(CC)cc[n+]4C)cc3C(F)(F)F)cc2)c(C(F)(F)F)c1. The number of nitrogens with zero attached hydrogens (tertiary/aromatic N) is 4. The fraction of sp³-hybridized carbons (Fsp3) is 0.235. The van der Waals surface area contributed by atoms with Gasteiger partial charge in [0.15, 0.2) is 0 Å². The monoisotopic (exact) mass is 702 g/mol. The Morgan fingerprint density at radius 1 is 0.640 bits per heavy atom. The van der Waals surface area contributed by atoms with Crippen LogP contribution in [0, 0.1) is 0 Å². The molecular formula is C34H32F6N6O4+2. The van der Waals surface area contributed by atoms with Crippen LogP contribution in [0.3, 0.4) is 0 Å². The van der Waals surface area contributed by atoms with E-state index in [0.717, 1.165) is 24.3 Å². The molecule has 2 amide bonds. The van der Waals surface area contributed by atoms with E-state index < -0.39 is 46.8 Å². The van der Waals surface area contributed by atoms with Crippen LogP contribution in [-0.2, 0) is 39.5 Å². The molecular weight excluding hydrogens is 670 g/mol. The average molecular weight is 703 g/mol. The van der Waals surface area contributed by atoms with Crippen LogP contribution in [0.25, 0.3) is 0 Å². The van der Waals surface area contributed by atoms with Gasteiger partial charge >= 0.3 is 35.8 Å². The molecule has 0 radical (unpaired) electrons. The van der Waals surface area contributed by atoms with Crippen molar-refractivity contribution in [2.24, 2.45) is 14.1 Å². The maximum Gasteiger partial charge on any atom is 0.420 e. The minimum atomic E-state index is -4.86. The van der Waals surface area contributed by atoms with Gasteiger partial charge in [0.1, 0.15) is 58.9 Å². The van der Waals surface area contributed by atoms with Gasteiger partial charge in [0.05, 0.1) is 27.2 Å². The Hall–Kier alpha value is -5.80. The number of hydrogen-bond donors (Lipinski definition) is 2. The molecule has 0 aliphatic carbocycles. The Morgan fingerprint density at radius 2 is 1.00 bits per heavy atom. The fourth-order valence-electron chi connectivity index (χ4n) is 5.18. The Balaban J connectivity index is 1.32. The summed E-state index contributed by atoms with van der Waals surface area (Å²) in [5, 5.41) is 4.96. The van der Waals surface area contributed by atoms with E-state index in [1.54, 1.807) is 57.2 Å². The Kier molecular flexibility index (Phi) is 9.92. The average Bonchev–Trinajstić information content (AvgIpc) is 3.63. The first-order valence-electron chi connectivity index (χ1n) is 15.2. The van der Waals surface area contributed by atoms with Gasteiger partial charge in [-0.05, 0) is 74.5 Å². The predicted molar refractivity (Wildman–Crippen MR) is 168 cm³/mol. The lowest BCUT2D eigenvalue weighted by molar-refractivity contribution is -0.672. The maximum atomic E-state index is 14.0. The molecule has 50 heavy (non-hydrogen) atoms. The second kappa shape index (κ2) is 14.0. The summed E-state index contributed by atoms with van der Waals surface area (Å²) in [7, 11) is 3.27. The Bertz CT molecular complexity index is 1890. The Labute approximate surface area is 282 Å². The van der Waals surface area contributed by atoms with E-state index in [-0.39, 0.29) is 34.5 Å². The lowest BCUT2D eigenvalue weighted by Crippen LogP contribution is -2.37. The minimum absolute atomic E-state index is 0.0634. The highest BCUT2D eigenvalue weighted by molar-refractivity contribution is 6.01. The van der Waals surface area contributed by atoms with Crippen LogP contribution in [0.2, 0.25) is 0 Å². The first-order chi connectivity index (χ1) is 23.6. The summed E-state index contributed by atoms with van der Waals surface area (Å²) in [5.41, 5.74) is -2.55. The molecule has 2 heterocycles. The molecule has 0 unspecified atom stereocenters. The number of aromatic nitrogens is 4. The van der Waals surface area contributed by atoms with E-state index in [9.17, 15) is 35.9 Å². The number of rotatable bonds is 10. The highest BCUT2D eigenvalue weighted by atomic mass is 19.4. The molecule has 2 N–H and O–H groups in total. The van der Waals surface area contributed by atoms with E-state index >= 15 is 0 Å². The number of imidazole rings is 2. The van der Waals surface area contributed by atoms with Gasteiger partial charge in [0.25, 0.3) is 0 Å². The number of hydrogen-bond acceptors (Lipinski definition) is 4. The third kappa shape index (κ3) is 7.74. The molecule has 0 bridgehead atoms. The smallest absolute Gasteiger partial charge is 0.420 e. The summed E-state index contributed by atoms with van der Waals surface area (Å²) in [6, 6.07) is 11.0. The standard InChI is InChI=1S/C34H30F6N6O4/c1-5-45-17-15-43(3)31(45)29(47)41-21-7-13-27(25(19-21)33(35,36)37)49-23-9-11-24(12-10-23)50-28-14-8-22(20-26(28)34(38,39)40)42-30(48)32-44(4)16-18-46(32)6-2/h7-20H,5-6H2,1-4H3/p+2. The molecule has 10 nitrogen and oxygen atoms in total. The van der Waals surface area contributed by atoms with Crippen molar-refractivity contribution in [3.05, 3.63) is 108 Å². The normalized spacial score (nSPS) is 11.7. The van der Waals surface area contributed by atoms with Crippen LogP contribution < -0.4 is 29.2 Å². The first-order valence-corrected chi connectivity index (χ1v) is 15.2. The van der Waals surface area contributed by atoms with Gasteiger partial charge in [-0.2, -0.15) is 26.3 Å². The van der Waals surface area contributed by atoms with Crippen molar-refractivity contribution in [1.82, 2.24) is 9.13 Å². The summed E-state index contributed by atoms with van der Waals surface area (Å²) in [5.74, 6) is -2.00. The molecule has 3 aromatic carbocycles. The van der Waals surface area contributed by atoms with E-state index in [4.69, 9.17) is 9.47 Å². The van der Waals surface area contributed by atoms with Crippen LogP contribution in [0.4, 0.5) is 37.7 Å². The maximum absolute atomic E-state index is 14.0. The van der Waals surface area contributed by atoms with Crippen molar-refractivity contribution in [2.45, 2.75) is 39.3 Å². The number of carbonyl (C=O) groups excluding carboxylic acids is 2. The van der Waals surface area contributed by atoms with Gasteiger partial charge < -0.3 is 20.1 Å². The van der Waals surface area contributed by atoms with E-state index in [2.05, 4.69) is 10.6 Å². The number of aryl methyl sites for hydroxylation is 4. The fourth-order valence-corrected chi connectivity index (χ4v) is 5.18. The van der Waals surface area contributed by atoms with E-state index in [0.29, 0.717) is 13.1 Å². The largest absolute Gasteiger partial charge is 0.457 e.